The van der Waals surface area contributed by atoms with E-state index in [4.69, 9.17) is 4.74 Å². The second-order valence-electron chi connectivity index (χ2n) is 4.55. The molecule has 1 aliphatic heterocycles. The van der Waals surface area contributed by atoms with Crippen LogP contribution in [0.5, 0.6) is 0 Å². The molecule has 96 valence electrons. The van der Waals surface area contributed by atoms with Gasteiger partial charge in [0.25, 0.3) is 0 Å². The molecule has 1 aliphatic rings. The van der Waals surface area contributed by atoms with Gasteiger partial charge in [-0.15, -0.1) is 0 Å². The molecule has 0 aromatic heterocycles. The number of piperidine rings is 1. The zero-order chi connectivity index (χ0) is 13.0. The highest BCUT2D eigenvalue weighted by Crippen LogP contribution is 2.19. The molecule has 1 unspecified atom stereocenters. The number of likely N-dealkylation sites (tertiary alicyclic amines) is 1. The SMILES string of the molecule is CC1CCCC(=O)N1C(=O)OCc1ccccc1. The molecule has 1 heterocycles. The Kier molecular flexibility index (Phi) is 3.97. The predicted molar refractivity (Wildman–Crippen MR) is 66.8 cm³/mol. The lowest BCUT2D eigenvalue weighted by molar-refractivity contribution is -0.133. The topological polar surface area (TPSA) is 46.6 Å². The molecule has 4 heteroatoms. The van der Waals surface area contributed by atoms with Crippen LogP contribution >= 0.6 is 0 Å². The van der Waals surface area contributed by atoms with Gasteiger partial charge in [0.15, 0.2) is 0 Å². The van der Waals surface area contributed by atoms with Crippen molar-refractivity contribution in [3.8, 4) is 0 Å². The largest absolute Gasteiger partial charge is 0.444 e. The van der Waals surface area contributed by atoms with Crippen molar-refractivity contribution in [3.05, 3.63) is 35.9 Å². The Morgan fingerprint density at radius 2 is 2.11 bits per heavy atom. The minimum Gasteiger partial charge on any atom is -0.444 e. The fourth-order valence-corrected chi connectivity index (χ4v) is 2.11. The van der Waals surface area contributed by atoms with Crippen LogP contribution in [-0.4, -0.2) is 22.9 Å². The van der Waals surface area contributed by atoms with Crippen molar-refractivity contribution < 1.29 is 14.3 Å². The van der Waals surface area contributed by atoms with Crippen molar-refractivity contribution in [1.82, 2.24) is 4.90 Å². The summed E-state index contributed by atoms with van der Waals surface area (Å²) >= 11 is 0. The standard InChI is InChI=1S/C14H17NO3/c1-11-6-5-9-13(16)15(11)14(17)18-10-12-7-3-2-4-8-12/h2-4,7-8,11H,5-6,9-10H2,1H3. The molecular formula is C14H17NO3. The lowest BCUT2D eigenvalue weighted by Gasteiger charge is -2.30. The van der Waals surface area contributed by atoms with Crippen molar-refractivity contribution >= 4 is 12.0 Å². The second kappa shape index (κ2) is 5.67. The maximum atomic E-state index is 11.9. The van der Waals surface area contributed by atoms with Gasteiger partial charge in [-0.25, -0.2) is 9.69 Å². The van der Waals surface area contributed by atoms with Gasteiger partial charge in [0.1, 0.15) is 6.61 Å². The third-order valence-electron chi connectivity index (χ3n) is 3.12. The van der Waals surface area contributed by atoms with E-state index in [2.05, 4.69) is 0 Å². The van der Waals surface area contributed by atoms with E-state index in [1.165, 1.54) is 4.90 Å². The third kappa shape index (κ3) is 2.88. The summed E-state index contributed by atoms with van der Waals surface area (Å²) in [6, 6.07) is 9.38. The first kappa shape index (κ1) is 12.6. The van der Waals surface area contributed by atoms with Crippen LogP contribution in [0.4, 0.5) is 4.79 Å². The van der Waals surface area contributed by atoms with Gasteiger partial charge < -0.3 is 4.74 Å². The van der Waals surface area contributed by atoms with E-state index in [9.17, 15) is 9.59 Å². The van der Waals surface area contributed by atoms with Gasteiger partial charge in [-0.3, -0.25) is 4.79 Å². The van der Waals surface area contributed by atoms with Gasteiger partial charge in [0.05, 0.1) is 0 Å². The summed E-state index contributed by atoms with van der Waals surface area (Å²) in [5.74, 6) is -0.133. The predicted octanol–water partition coefficient (Wildman–Crippen LogP) is 2.72. The van der Waals surface area contributed by atoms with Gasteiger partial charge in [-0.1, -0.05) is 30.3 Å². The van der Waals surface area contributed by atoms with E-state index in [1.54, 1.807) is 0 Å². The Morgan fingerprint density at radius 3 is 2.78 bits per heavy atom. The van der Waals surface area contributed by atoms with Crippen molar-refractivity contribution in [2.24, 2.45) is 0 Å². The number of nitrogens with zero attached hydrogens (tertiary/aromatic N) is 1. The number of amides is 2. The van der Waals surface area contributed by atoms with Crippen molar-refractivity contribution in [2.75, 3.05) is 0 Å². The summed E-state index contributed by atoms with van der Waals surface area (Å²) < 4.78 is 5.17. The highest BCUT2D eigenvalue weighted by Gasteiger charge is 2.31. The van der Waals surface area contributed by atoms with Crippen LogP contribution < -0.4 is 0 Å². The maximum absolute atomic E-state index is 11.9. The smallest absolute Gasteiger partial charge is 0.417 e. The zero-order valence-corrected chi connectivity index (χ0v) is 10.5. The lowest BCUT2D eigenvalue weighted by Crippen LogP contribution is -2.46. The molecule has 1 saturated heterocycles. The summed E-state index contributed by atoms with van der Waals surface area (Å²) in [7, 11) is 0. The van der Waals surface area contributed by atoms with E-state index in [0.717, 1.165) is 18.4 Å². The van der Waals surface area contributed by atoms with E-state index in [0.29, 0.717) is 6.42 Å². The van der Waals surface area contributed by atoms with Gasteiger partial charge in [0, 0.05) is 12.5 Å². The molecule has 0 bridgehead atoms. The fourth-order valence-electron chi connectivity index (χ4n) is 2.11. The Morgan fingerprint density at radius 1 is 1.39 bits per heavy atom. The van der Waals surface area contributed by atoms with Crippen LogP contribution in [0.2, 0.25) is 0 Å². The normalized spacial score (nSPS) is 19.7. The molecule has 0 spiro atoms. The molecule has 0 saturated carbocycles. The van der Waals surface area contributed by atoms with Crippen molar-refractivity contribution in [1.29, 1.82) is 0 Å². The Bertz CT molecular complexity index is 430. The zero-order valence-electron chi connectivity index (χ0n) is 10.5. The molecule has 2 amide bonds. The van der Waals surface area contributed by atoms with E-state index in [1.807, 2.05) is 37.3 Å². The molecule has 1 aromatic rings. The molecule has 0 radical (unpaired) electrons. The first-order valence-corrected chi connectivity index (χ1v) is 6.21. The number of imide groups is 1. The third-order valence-corrected chi connectivity index (χ3v) is 3.12. The average molecular weight is 247 g/mol. The van der Waals surface area contributed by atoms with Crippen LogP contribution in [-0.2, 0) is 16.1 Å². The minimum absolute atomic E-state index is 0.0606. The highest BCUT2D eigenvalue weighted by molar-refractivity contribution is 5.92. The first-order chi connectivity index (χ1) is 8.68. The Labute approximate surface area is 107 Å². The monoisotopic (exact) mass is 247 g/mol. The van der Waals surface area contributed by atoms with Gasteiger partial charge in [0.2, 0.25) is 5.91 Å². The van der Waals surface area contributed by atoms with Gasteiger partial charge in [-0.05, 0) is 25.3 Å². The number of hydrogen-bond donors (Lipinski definition) is 0. The molecule has 2 rings (SSSR count). The molecule has 1 aromatic carbocycles. The minimum atomic E-state index is -0.531. The molecule has 0 aliphatic carbocycles. The van der Waals surface area contributed by atoms with Gasteiger partial charge in [-0.2, -0.15) is 0 Å². The molecular weight excluding hydrogens is 230 g/mol. The summed E-state index contributed by atoms with van der Waals surface area (Å²) in [5, 5.41) is 0. The van der Waals surface area contributed by atoms with Gasteiger partial charge >= 0.3 is 6.09 Å². The number of benzene rings is 1. The van der Waals surface area contributed by atoms with E-state index < -0.39 is 6.09 Å². The van der Waals surface area contributed by atoms with Crippen molar-refractivity contribution in [3.63, 3.8) is 0 Å². The molecule has 1 fully saturated rings. The van der Waals surface area contributed by atoms with Crippen LogP contribution in [0.25, 0.3) is 0 Å². The fraction of sp³-hybridized carbons (Fsp3) is 0.429. The summed E-state index contributed by atoms with van der Waals surface area (Å²) in [4.78, 5) is 24.8. The number of hydrogen-bond acceptors (Lipinski definition) is 3. The molecule has 18 heavy (non-hydrogen) atoms. The molecule has 1 atom stereocenters. The van der Waals surface area contributed by atoms with Crippen LogP contribution in [0, 0.1) is 0 Å². The summed E-state index contributed by atoms with van der Waals surface area (Å²) in [6.07, 6.45) is 1.61. The maximum Gasteiger partial charge on any atom is 0.417 e. The Hall–Kier alpha value is -1.84. The second-order valence-corrected chi connectivity index (χ2v) is 4.55. The Balaban J connectivity index is 1.93. The van der Waals surface area contributed by atoms with E-state index >= 15 is 0 Å². The van der Waals surface area contributed by atoms with Crippen molar-refractivity contribution in [2.45, 2.75) is 38.8 Å². The number of rotatable bonds is 2. The van der Waals surface area contributed by atoms with E-state index in [-0.39, 0.29) is 18.6 Å². The average Bonchev–Trinajstić information content (AvgIpc) is 2.37. The number of carbonyl (C=O) groups excluding carboxylic acids is 2. The lowest BCUT2D eigenvalue weighted by atomic mass is 10.0. The van der Waals surface area contributed by atoms with Crippen LogP contribution in [0.1, 0.15) is 31.7 Å². The van der Waals surface area contributed by atoms with Crippen LogP contribution in [0.15, 0.2) is 30.3 Å². The highest BCUT2D eigenvalue weighted by atomic mass is 16.6. The number of carbonyl (C=O) groups is 2. The first-order valence-electron chi connectivity index (χ1n) is 6.21. The quantitative estimate of drug-likeness (QED) is 0.807. The number of ether oxygens (including phenoxy) is 1. The summed E-state index contributed by atoms with van der Waals surface area (Å²) in [6.45, 7) is 2.08. The summed E-state index contributed by atoms with van der Waals surface area (Å²) in [5.41, 5.74) is 0.919. The van der Waals surface area contributed by atoms with Crippen LogP contribution in [0.3, 0.4) is 0 Å². The molecule has 4 nitrogen and oxygen atoms in total. The molecule has 0 N–H and O–H groups in total.